The van der Waals surface area contributed by atoms with Gasteiger partial charge in [0.15, 0.2) is 0 Å². The molecular weight excluding hydrogens is 288 g/mol. The fraction of sp³-hybridized carbons (Fsp3) is 0.357. The molecule has 1 atom stereocenters. The molecule has 112 valence electrons. The van der Waals surface area contributed by atoms with Gasteiger partial charge in [-0.15, -0.1) is 10.2 Å². The van der Waals surface area contributed by atoms with E-state index >= 15 is 0 Å². The number of carbonyl (C=O) groups is 1. The summed E-state index contributed by atoms with van der Waals surface area (Å²) in [6.45, 7) is 2.33. The zero-order valence-electron chi connectivity index (χ0n) is 11.8. The largest absolute Gasteiger partial charge is 0.494 e. The van der Waals surface area contributed by atoms with Crippen LogP contribution in [0.25, 0.3) is 0 Å². The van der Waals surface area contributed by atoms with Crippen molar-refractivity contribution in [3.8, 4) is 5.75 Å². The molecule has 2 rings (SSSR count). The van der Waals surface area contributed by atoms with Gasteiger partial charge in [-0.3, -0.25) is 4.79 Å². The van der Waals surface area contributed by atoms with Crippen molar-refractivity contribution in [3.05, 3.63) is 35.3 Å². The number of nitrogens with two attached hydrogens (primary N) is 1. The van der Waals surface area contributed by atoms with Crippen molar-refractivity contribution in [2.75, 3.05) is 11.9 Å². The van der Waals surface area contributed by atoms with Crippen LogP contribution in [0.4, 0.5) is 5.13 Å². The average molecular weight is 306 g/mol. The van der Waals surface area contributed by atoms with Gasteiger partial charge < -0.3 is 15.8 Å². The number of rotatable bonds is 7. The number of para-hydroxylation sites is 1. The van der Waals surface area contributed by atoms with Crippen LogP contribution in [0.15, 0.2) is 30.3 Å². The fourth-order valence-electron chi connectivity index (χ4n) is 1.59. The Morgan fingerprint density at radius 1 is 1.38 bits per heavy atom. The van der Waals surface area contributed by atoms with Gasteiger partial charge in [-0.05, 0) is 25.5 Å². The quantitative estimate of drug-likeness (QED) is 0.766. The summed E-state index contributed by atoms with van der Waals surface area (Å²) in [7, 11) is 0. The van der Waals surface area contributed by atoms with Crippen molar-refractivity contribution in [2.45, 2.75) is 25.8 Å². The van der Waals surface area contributed by atoms with Gasteiger partial charge in [0.05, 0.1) is 12.6 Å². The van der Waals surface area contributed by atoms with Gasteiger partial charge in [-0.2, -0.15) is 0 Å². The highest BCUT2D eigenvalue weighted by molar-refractivity contribution is 7.15. The van der Waals surface area contributed by atoms with E-state index in [0.717, 1.165) is 5.75 Å². The Morgan fingerprint density at radius 3 is 2.81 bits per heavy atom. The normalized spacial score (nSPS) is 11.9. The molecule has 0 saturated heterocycles. The first-order valence-electron chi connectivity index (χ1n) is 6.72. The van der Waals surface area contributed by atoms with Crippen LogP contribution in [0.5, 0.6) is 5.75 Å². The van der Waals surface area contributed by atoms with Crippen molar-refractivity contribution < 1.29 is 9.53 Å². The third kappa shape index (κ3) is 5.13. The highest BCUT2D eigenvalue weighted by Crippen LogP contribution is 2.19. The third-order valence-electron chi connectivity index (χ3n) is 2.64. The smallest absolute Gasteiger partial charge is 0.226 e. The Labute approximate surface area is 127 Å². The molecule has 0 spiro atoms. The first-order chi connectivity index (χ1) is 10.1. The van der Waals surface area contributed by atoms with Gasteiger partial charge >= 0.3 is 0 Å². The monoisotopic (exact) mass is 306 g/mol. The Balaban J connectivity index is 1.67. The van der Waals surface area contributed by atoms with Gasteiger partial charge in [0.1, 0.15) is 10.8 Å². The predicted octanol–water partition coefficient (Wildman–Crippen LogP) is 2.36. The van der Waals surface area contributed by atoms with E-state index < -0.39 is 0 Å². The lowest BCUT2D eigenvalue weighted by atomic mass is 10.3. The first-order valence-corrected chi connectivity index (χ1v) is 7.53. The molecule has 1 aromatic heterocycles. The molecule has 1 unspecified atom stereocenters. The van der Waals surface area contributed by atoms with Crippen molar-refractivity contribution in [2.24, 2.45) is 5.73 Å². The second-order valence-corrected chi connectivity index (χ2v) is 5.56. The summed E-state index contributed by atoms with van der Waals surface area (Å²) in [5.41, 5.74) is 5.69. The number of hydrogen-bond donors (Lipinski definition) is 2. The molecule has 1 amide bonds. The number of ether oxygens (including phenoxy) is 1. The molecule has 1 heterocycles. The van der Waals surface area contributed by atoms with Crippen LogP contribution in [0.2, 0.25) is 0 Å². The lowest BCUT2D eigenvalue weighted by molar-refractivity contribution is -0.116. The molecule has 0 aliphatic heterocycles. The van der Waals surface area contributed by atoms with Crippen molar-refractivity contribution in [1.29, 1.82) is 0 Å². The molecule has 1 aromatic carbocycles. The molecule has 0 radical (unpaired) electrons. The highest BCUT2D eigenvalue weighted by Gasteiger charge is 2.10. The Bertz CT molecular complexity index is 571. The van der Waals surface area contributed by atoms with E-state index in [0.29, 0.717) is 29.6 Å². The van der Waals surface area contributed by atoms with Crippen LogP contribution in [0.1, 0.15) is 30.8 Å². The Morgan fingerprint density at radius 2 is 2.14 bits per heavy atom. The molecule has 0 aliphatic rings. The highest BCUT2D eigenvalue weighted by atomic mass is 32.1. The summed E-state index contributed by atoms with van der Waals surface area (Å²) >= 11 is 1.29. The number of benzene rings is 1. The average Bonchev–Trinajstić information content (AvgIpc) is 2.93. The summed E-state index contributed by atoms with van der Waals surface area (Å²) < 4.78 is 5.52. The van der Waals surface area contributed by atoms with Gasteiger partial charge in [0, 0.05) is 6.42 Å². The van der Waals surface area contributed by atoms with Crippen LogP contribution in [-0.4, -0.2) is 22.7 Å². The lowest BCUT2D eigenvalue weighted by Gasteiger charge is -2.05. The van der Waals surface area contributed by atoms with E-state index in [4.69, 9.17) is 10.5 Å². The van der Waals surface area contributed by atoms with E-state index in [1.165, 1.54) is 11.3 Å². The zero-order valence-corrected chi connectivity index (χ0v) is 12.6. The van der Waals surface area contributed by atoms with Crippen molar-refractivity contribution in [3.63, 3.8) is 0 Å². The minimum absolute atomic E-state index is 0.0981. The maximum absolute atomic E-state index is 11.7. The maximum atomic E-state index is 11.7. The van der Waals surface area contributed by atoms with Crippen LogP contribution in [0, 0.1) is 0 Å². The van der Waals surface area contributed by atoms with Crippen LogP contribution >= 0.6 is 11.3 Å². The van der Waals surface area contributed by atoms with E-state index in [-0.39, 0.29) is 11.9 Å². The van der Waals surface area contributed by atoms with Crippen LogP contribution in [-0.2, 0) is 4.79 Å². The lowest BCUT2D eigenvalue weighted by Crippen LogP contribution is -2.12. The van der Waals surface area contributed by atoms with Crippen LogP contribution < -0.4 is 15.8 Å². The van der Waals surface area contributed by atoms with Gasteiger partial charge in [-0.25, -0.2) is 0 Å². The first kappa shape index (κ1) is 15.4. The van der Waals surface area contributed by atoms with Crippen LogP contribution in [0.3, 0.4) is 0 Å². The molecule has 0 saturated carbocycles. The van der Waals surface area contributed by atoms with Crippen molar-refractivity contribution in [1.82, 2.24) is 10.2 Å². The minimum atomic E-state index is -0.174. The maximum Gasteiger partial charge on any atom is 0.226 e. The number of nitrogens with zero attached hydrogens (tertiary/aromatic N) is 2. The topological polar surface area (TPSA) is 90.1 Å². The summed E-state index contributed by atoms with van der Waals surface area (Å²) in [5, 5.41) is 11.7. The summed E-state index contributed by atoms with van der Waals surface area (Å²) in [4.78, 5) is 11.7. The number of hydrogen-bond acceptors (Lipinski definition) is 6. The second-order valence-electron chi connectivity index (χ2n) is 4.55. The predicted molar refractivity (Wildman–Crippen MR) is 82.3 cm³/mol. The molecular formula is C14H18N4O2S. The van der Waals surface area contributed by atoms with Gasteiger partial charge in [0.2, 0.25) is 11.0 Å². The number of nitrogens with one attached hydrogen (secondary N) is 1. The SMILES string of the molecule is CC(N)c1nnc(NC(=O)CCCOc2ccccc2)s1. The standard InChI is InChI=1S/C14H18N4O2S/c1-10(15)13-17-18-14(21-13)16-12(19)8-5-9-20-11-6-3-2-4-7-11/h2-4,6-7,10H,5,8-9,15H2,1H3,(H,16,18,19). The van der Waals surface area contributed by atoms with E-state index in [1.807, 2.05) is 37.3 Å². The molecule has 6 nitrogen and oxygen atoms in total. The summed E-state index contributed by atoms with van der Waals surface area (Å²) in [6, 6.07) is 9.35. The van der Waals surface area contributed by atoms with Gasteiger partial charge in [-0.1, -0.05) is 29.5 Å². The Kier molecular flexibility index (Phi) is 5.65. The molecule has 3 N–H and O–H groups in total. The molecule has 0 bridgehead atoms. The number of aromatic nitrogens is 2. The number of anilines is 1. The molecule has 0 fully saturated rings. The van der Waals surface area contributed by atoms with Gasteiger partial charge in [0.25, 0.3) is 0 Å². The van der Waals surface area contributed by atoms with Crippen molar-refractivity contribution >= 4 is 22.4 Å². The molecule has 2 aromatic rings. The number of carbonyl (C=O) groups excluding carboxylic acids is 1. The Hall–Kier alpha value is -1.99. The molecule has 21 heavy (non-hydrogen) atoms. The van der Waals surface area contributed by atoms with E-state index in [2.05, 4.69) is 15.5 Å². The second kappa shape index (κ2) is 7.70. The molecule has 7 heteroatoms. The summed E-state index contributed by atoms with van der Waals surface area (Å²) in [5.74, 6) is 0.711. The minimum Gasteiger partial charge on any atom is -0.494 e. The summed E-state index contributed by atoms with van der Waals surface area (Å²) in [6.07, 6.45) is 1.01. The third-order valence-corrected chi connectivity index (χ3v) is 3.68. The van der Waals surface area contributed by atoms with E-state index in [1.54, 1.807) is 0 Å². The zero-order chi connectivity index (χ0) is 15.1. The number of amides is 1. The van der Waals surface area contributed by atoms with E-state index in [9.17, 15) is 4.79 Å². The fourth-order valence-corrected chi connectivity index (χ4v) is 2.30. The molecule has 0 aliphatic carbocycles.